The molecule has 7 heteroatoms. The zero-order valence-corrected chi connectivity index (χ0v) is 19.2. The second-order valence-corrected chi connectivity index (χ2v) is 7.98. The molecule has 0 bridgehead atoms. The van der Waals surface area contributed by atoms with Crippen LogP contribution in [0, 0.1) is 0 Å². The summed E-state index contributed by atoms with van der Waals surface area (Å²) in [5.74, 6) is 0.988. The first-order valence-electron chi connectivity index (χ1n) is 10.5. The summed E-state index contributed by atoms with van der Waals surface area (Å²) in [5, 5.41) is 9.69. The van der Waals surface area contributed by atoms with Gasteiger partial charge in [-0.1, -0.05) is 54.6 Å². The molecule has 0 spiro atoms. The van der Waals surface area contributed by atoms with Crippen LogP contribution in [0.1, 0.15) is 24.1 Å². The van der Waals surface area contributed by atoms with E-state index in [-0.39, 0.29) is 5.91 Å². The highest BCUT2D eigenvalue weighted by atomic mass is 32.1. The lowest BCUT2D eigenvalue weighted by atomic mass is 9.94. The van der Waals surface area contributed by atoms with Crippen LogP contribution in [0.4, 0.5) is 5.69 Å². The molecule has 4 rings (SSSR count). The first kappa shape index (κ1) is 22.4. The predicted octanol–water partition coefficient (Wildman–Crippen LogP) is 4.71. The average Bonchev–Trinajstić information content (AvgIpc) is 2.83. The molecule has 6 nitrogen and oxygen atoms in total. The largest absolute Gasteiger partial charge is 0.493 e. The summed E-state index contributed by atoms with van der Waals surface area (Å²) in [7, 11) is 1.60. The minimum absolute atomic E-state index is 0.213. The Hall–Kier alpha value is -3.84. The smallest absolute Gasteiger partial charge is 0.255 e. The zero-order chi connectivity index (χ0) is 23.2. The van der Waals surface area contributed by atoms with Gasteiger partial charge in [-0.2, -0.15) is 0 Å². The van der Waals surface area contributed by atoms with Gasteiger partial charge in [0, 0.05) is 11.4 Å². The molecule has 0 saturated carbocycles. The summed E-state index contributed by atoms with van der Waals surface area (Å²) >= 11 is 5.37. The van der Waals surface area contributed by atoms with Crippen LogP contribution in [-0.4, -0.2) is 18.1 Å². The Kier molecular flexibility index (Phi) is 6.90. The lowest BCUT2D eigenvalue weighted by molar-refractivity contribution is -0.113. The summed E-state index contributed by atoms with van der Waals surface area (Å²) in [6.07, 6.45) is 0. The Morgan fingerprint density at radius 2 is 1.70 bits per heavy atom. The van der Waals surface area contributed by atoms with E-state index in [2.05, 4.69) is 16.0 Å². The third-order valence-corrected chi connectivity index (χ3v) is 5.52. The van der Waals surface area contributed by atoms with Crippen molar-refractivity contribution in [3.8, 4) is 11.5 Å². The van der Waals surface area contributed by atoms with Crippen LogP contribution in [0.3, 0.4) is 0 Å². The van der Waals surface area contributed by atoms with Crippen molar-refractivity contribution in [2.45, 2.75) is 19.6 Å². The number of ether oxygens (including phenoxy) is 2. The fraction of sp³-hybridized carbons (Fsp3) is 0.154. The van der Waals surface area contributed by atoms with Crippen LogP contribution >= 0.6 is 12.2 Å². The molecule has 1 atom stereocenters. The minimum Gasteiger partial charge on any atom is -0.493 e. The second kappa shape index (κ2) is 10.2. The summed E-state index contributed by atoms with van der Waals surface area (Å²) in [6, 6.07) is 24.5. The summed E-state index contributed by atoms with van der Waals surface area (Å²) in [4.78, 5) is 13.2. The number of nitrogens with one attached hydrogen (secondary N) is 3. The lowest BCUT2D eigenvalue weighted by Gasteiger charge is -2.30. The molecule has 0 aromatic heterocycles. The van der Waals surface area contributed by atoms with Crippen molar-refractivity contribution in [3.05, 3.63) is 101 Å². The van der Waals surface area contributed by atoms with Gasteiger partial charge in [-0.25, -0.2) is 0 Å². The monoisotopic (exact) mass is 459 g/mol. The summed E-state index contributed by atoms with van der Waals surface area (Å²) in [6.45, 7) is 2.27. The SMILES string of the molecule is COc1cc([C@@H]2NC(=S)NC(C)=C2C(=O)Nc2ccccc2)ccc1OCc1ccccc1. The molecular weight excluding hydrogens is 434 g/mol. The summed E-state index contributed by atoms with van der Waals surface area (Å²) < 4.78 is 11.6. The number of para-hydroxylation sites is 1. The molecule has 3 aromatic rings. The standard InChI is InChI=1S/C26H25N3O3S/c1-17-23(25(30)28-20-11-7-4-8-12-20)24(29-26(33)27-17)19-13-14-21(22(15-19)31-2)32-16-18-9-5-3-6-10-18/h3-15,24H,16H2,1-2H3,(H,28,30)(H2,27,29,33)/t24-/m0/s1. The van der Waals surface area contributed by atoms with E-state index >= 15 is 0 Å². The van der Waals surface area contributed by atoms with Crippen LogP contribution in [-0.2, 0) is 11.4 Å². The van der Waals surface area contributed by atoms with E-state index < -0.39 is 6.04 Å². The van der Waals surface area contributed by atoms with Gasteiger partial charge < -0.3 is 25.4 Å². The molecule has 3 aromatic carbocycles. The van der Waals surface area contributed by atoms with Gasteiger partial charge in [-0.15, -0.1) is 0 Å². The van der Waals surface area contributed by atoms with E-state index in [1.165, 1.54) is 0 Å². The van der Waals surface area contributed by atoms with Crippen LogP contribution in [0.5, 0.6) is 11.5 Å². The van der Waals surface area contributed by atoms with E-state index in [4.69, 9.17) is 21.7 Å². The highest BCUT2D eigenvalue weighted by Crippen LogP contribution is 2.35. The number of hydrogen-bond donors (Lipinski definition) is 3. The van der Waals surface area contributed by atoms with Crippen LogP contribution in [0.15, 0.2) is 90.1 Å². The molecule has 0 aliphatic carbocycles. The van der Waals surface area contributed by atoms with E-state index in [9.17, 15) is 4.79 Å². The second-order valence-electron chi connectivity index (χ2n) is 7.57. The van der Waals surface area contributed by atoms with Gasteiger partial charge in [0.15, 0.2) is 16.6 Å². The quantitative estimate of drug-likeness (QED) is 0.445. The Balaban J connectivity index is 1.60. The number of anilines is 1. The van der Waals surface area contributed by atoms with Gasteiger partial charge in [0.1, 0.15) is 6.61 Å². The number of methoxy groups -OCH3 is 1. The topological polar surface area (TPSA) is 71.6 Å². The molecule has 1 heterocycles. The van der Waals surface area contributed by atoms with Gasteiger partial charge in [0.05, 0.1) is 18.7 Å². The third kappa shape index (κ3) is 5.32. The van der Waals surface area contributed by atoms with Crippen molar-refractivity contribution in [2.24, 2.45) is 0 Å². The molecule has 1 aliphatic heterocycles. The maximum atomic E-state index is 13.2. The van der Waals surface area contributed by atoms with Gasteiger partial charge in [0.25, 0.3) is 5.91 Å². The van der Waals surface area contributed by atoms with Gasteiger partial charge in [-0.3, -0.25) is 4.79 Å². The lowest BCUT2D eigenvalue weighted by Crippen LogP contribution is -2.45. The molecule has 3 N–H and O–H groups in total. The van der Waals surface area contributed by atoms with Gasteiger partial charge >= 0.3 is 0 Å². The van der Waals surface area contributed by atoms with E-state index in [1.54, 1.807) is 7.11 Å². The van der Waals surface area contributed by atoms with Gasteiger partial charge in [-0.05, 0) is 54.5 Å². The van der Waals surface area contributed by atoms with Gasteiger partial charge in [0.2, 0.25) is 0 Å². The maximum Gasteiger partial charge on any atom is 0.255 e. The fourth-order valence-electron chi connectivity index (χ4n) is 3.68. The maximum absolute atomic E-state index is 13.2. The first-order valence-corrected chi connectivity index (χ1v) is 11.0. The summed E-state index contributed by atoms with van der Waals surface area (Å²) in [5.41, 5.74) is 3.86. The molecule has 1 amide bonds. The minimum atomic E-state index is -0.445. The molecular formula is C26H25N3O3S. The number of amides is 1. The molecule has 0 saturated heterocycles. The van der Waals surface area contributed by atoms with E-state index in [0.29, 0.717) is 34.5 Å². The highest BCUT2D eigenvalue weighted by Gasteiger charge is 2.30. The normalized spacial score (nSPS) is 15.3. The zero-order valence-electron chi connectivity index (χ0n) is 18.4. The van der Waals surface area contributed by atoms with Crippen molar-refractivity contribution in [3.63, 3.8) is 0 Å². The molecule has 33 heavy (non-hydrogen) atoms. The molecule has 1 aliphatic rings. The molecule has 168 valence electrons. The van der Waals surface area contributed by atoms with Crippen LogP contribution in [0.25, 0.3) is 0 Å². The van der Waals surface area contributed by atoms with Crippen molar-refractivity contribution in [2.75, 3.05) is 12.4 Å². The van der Waals surface area contributed by atoms with Crippen molar-refractivity contribution >= 4 is 28.9 Å². The Morgan fingerprint density at radius 1 is 1.00 bits per heavy atom. The predicted molar refractivity (Wildman–Crippen MR) is 133 cm³/mol. The first-order chi connectivity index (χ1) is 16.0. The van der Waals surface area contributed by atoms with Crippen molar-refractivity contribution in [1.29, 1.82) is 0 Å². The molecule has 0 radical (unpaired) electrons. The van der Waals surface area contributed by atoms with E-state index in [1.807, 2.05) is 85.8 Å². The van der Waals surface area contributed by atoms with E-state index in [0.717, 1.165) is 16.8 Å². The molecule has 0 unspecified atom stereocenters. The number of thiocarbonyl (C=S) groups is 1. The highest BCUT2D eigenvalue weighted by molar-refractivity contribution is 7.80. The number of allylic oxidation sites excluding steroid dienone is 1. The van der Waals surface area contributed by atoms with Crippen molar-refractivity contribution in [1.82, 2.24) is 10.6 Å². The number of carbonyl (C=O) groups excluding carboxylic acids is 1. The number of benzene rings is 3. The number of carbonyl (C=O) groups is 1. The van der Waals surface area contributed by atoms with Crippen LogP contribution in [0.2, 0.25) is 0 Å². The molecule has 0 fully saturated rings. The average molecular weight is 460 g/mol. The Labute approximate surface area is 198 Å². The number of rotatable bonds is 7. The van der Waals surface area contributed by atoms with Crippen LogP contribution < -0.4 is 25.4 Å². The Morgan fingerprint density at radius 3 is 2.39 bits per heavy atom. The number of hydrogen-bond acceptors (Lipinski definition) is 4. The Bertz CT molecular complexity index is 1180. The third-order valence-electron chi connectivity index (χ3n) is 5.30. The fourth-order valence-corrected chi connectivity index (χ4v) is 3.95. The van der Waals surface area contributed by atoms with Crippen molar-refractivity contribution < 1.29 is 14.3 Å².